The molecule has 0 aromatic heterocycles. The molecule has 3 heteroatoms. The van der Waals surface area contributed by atoms with Crippen molar-refractivity contribution in [1.82, 2.24) is 5.32 Å². The zero-order valence-corrected chi connectivity index (χ0v) is 10.8. The zero-order chi connectivity index (χ0) is 12.1. The molecule has 2 heterocycles. The molecule has 2 bridgehead atoms. The second-order valence-electron chi connectivity index (χ2n) is 5.77. The van der Waals surface area contributed by atoms with Gasteiger partial charge < -0.3 is 10.4 Å². The molecule has 1 aromatic rings. The van der Waals surface area contributed by atoms with Crippen LogP contribution in [-0.2, 0) is 0 Å². The molecule has 1 aromatic carbocycles. The van der Waals surface area contributed by atoms with E-state index in [1.54, 1.807) is 0 Å². The summed E-state index contributed by atoms with van der Waals surface area (Å²) in [6, 6.07) is 7.61. The Morgan fingerprint density at radius 2 is 1.88 bits per heavy atom. The van der Waals surface area contributed by atoms with Crippen molar-refractivity contribution < 1.29 is 5.11 Å². The van der Waals surface area contributed by atoms with Gasteiger partial charge in [0, 0.05) is 21.7 Å². The average Bonchev–Trinajstić information content (AvgIpc) is 2.83. The van der Waals surface area contributed by atoms with E-state index in [0.29, 0.717) is 5.02 Å². The van der Waals surface area contributed by atoms with Crippen molar-refractivity contribution in [2.45, 2.75) is 49.8 Å². The number of halogens is 1. The topological polar surface area (TPSA) is 32.3 Å². The minimum atomic E-state index is -0.500. The minimum Gasteiger partial charge on any atom is -0.386 e. The lowest BCUT2D eigenvalue weighted by molar-refractivity contribution is 0.0738. The molecule has 1 atom stereocenters. The van der Waals surface area contributed by atoms with Crippen LogP contribution in [0.25, 0.3) is 0 Å². The predicted octanol–water partition coefficient (Wildman–Crippen LogP) is 3.05. The molecule has 92 valence electrons. The van der Waals surface area contributed by atoms with Crippen LogP contribution in [-0.4, -0.2) is 16.2 Å². The van der Waals surface area contributed by atoms with Gasteiger partial charge in [-0.2, -0.15) is 0 Å². The van der Waals surface area contributed by atoms with Gasteiger partial charge in [-0.25, -0.2) is 0 Å². The fourth-order valence-corrected chi connectivity index (χ4v) is 3.67. The van der Waals surface area contributed by atoms with Gasteiger partial charge in [-0.15, -0.1) is 0 Å². The lowest BCUT2D eigenvalue weighted by atomic mass is 9.78. The third-order valence-electron chi connectivity index (χ3n) is 4.52. The first-order valence-corrected chi connectivity index (χ1v) is 6.64. The van der Waals surface area contributed by atoms with E-state index in [4.69, 9.17) is 11.6 Å². The standard InChI is InChI=1S/C14H18ClNO/c1-13-6-8-14(16-13,9-7-13)12(17)10-4-2-3-5-11(10)15/h2-5,12,16-17H,6-9H2,1H3. The highest BCUT2D eigenvalue weighted by Gasteiger charge is 2.55. The number of fused-ring (bicyclic) bond motifs is 2. The highest BCUT2D eigenvalue weighted by atomic mass is 35.5. The minimum absolute atomic E-state index is 0.153. The Labute approximate surface area is 107 Å². The summed E-state index contributed by atoms with van der Waals surface area (Å²) in [6.45, 7) is 2.25. The first kappa shape index (κ1) is 11.5. The van der Waals surface area contributed by atoms with E-state index < -0.39 is 6.10 Å². The van der Waals surface area contributed by atoms with Crippen LogP contribution in [0.2, 0.25) is 5.02 Å². The smallest absolute Gasteiger partial charge is 0.0986 e. The van der Waals surface area contributed by atoms with Crippen molar-refractivity contribution in [3.8, 4) is 0 Å². The summed E-state index contributed by atoms with van der Waals surface area (Å²) in [5.41, 5.74) is 0.926. The average molecular weight is 252 g/mol. The van der Waals surface area contributed by atoms with Crippen molar-refractivity contribution in [3.05, 3.63) is 34.9 Å². The normalized spacial score (nSPS) is 37.4. The number of aliphatic hydroxyl groups is 1. The summed E-state index contributed by atoms with van der Waals surface area (Å²) in [5.74, 6) is 0. The van der Waals surface area contributed by atoms with Gasteiger partial charge in [0.2, 0.25) is 0 Å². The van der Waals surface area contributed by atoms with E-state index in [9.17, 15) is 5.11 Å². The first-order valence-electron chi connectivity index (χ1n) is 6.27. The van der Waals surface area contributed by atoms with Crippen LogP contribution in [0.4, 0.5) is 0 Å². The third kappa shape index (κ3) is 1.70. The van der Waals surface area contributed by atoms with Crippen LogP contribution < -0.4 is 5.32 Å². The van der Waals surface area contributed by atoms with Crippen molar-refractivity contribution in [2.24, 2.45) is 0 Å². The molecule has 17 heavy (non-hydrogen) atoms. The number of rotatable bonds is 2. The first-order chi connectivity index (χ1) is 8.05. The second kappa shape index (κ2) is 3.71. The number of benzene rings is 1. The third-order valence-corrected chi connectivity index (χ3v) is 4.86. The van der Waals surface area contributed by atoms with E-state index in [0.717, 1.165) is 31.2 Å². The maximum atomic E-state index is 10.6. The van der Waals surface area contributed by atoms with Crippen molar-refractivity contribution in [3.63, 3.8) is 0 Å². The molecule has 3 rings (SSSR count). The largest absolute Gasteiger partial charge is 0.386 e. The fraction of sp³-hybridized carbons (Fsp3) is 0.571. The fourth-order valence-electron chi connectivity index (χ4n) is 3.44. The Morgan fingerprint density at radius 1 is 1.24 bits per heavy atom. The van der Waals surface area contributed by atoms with Gasteiger partial charge in [-0.3, -0.25) is 0 Å². The molecule has 0 radical (unpaired) electrons. The van der Waals surface area contributed by atoms with Gasteiger partial charge in [0.1, 0.15) is 0 Å². The number of hydrogen-bond donors (Lipinski definition) is 2. The summed E-state index contributed by atoms with van der Waals surface area (Å²) in [5, 5.41) is 14.9. The second-order valence-corrected chi connectivity index (χ2v) is 6.17. The van der Waals surface area contributed by atoms with E-state index in [-0.39, 0.29) is 11.1 Å². The molecule has 2 saturated heterocycles. The van der Waals surface area contributed by atoms with Crippen molar-refractivity contribution in [2.75, 3.05) is 0 Å². The Hall–Kier alpha value is -0.570. The number of nitrogens with one attached hydrogen (secondary N) is 1. The zero-order valence-electron chi connectivity index (χ0n) is 10.0. The highest BCUT2D eigenvalue weighted by molar-refractivity contribution is 6.31. The van der Waals surface area contributed by atoms with Gasteiger partial charge >= 0.3 is 0 Å². The Kier molecular flexibility index (Phi) is 2.51. The quantitative estimate of drug-likeness (QED) is 0.847. The van der Waals surface area contributed by atoms with Gasteiger partial charge in [-0.05, 0) is 38.7 Å². The van der Waals surface area contributed by atoms with E-state index in [2.05, 4.69) is 12.2 Å². The van der Waals surface area contributed by atoms with Gasteiger partial charge in [0.25, 0.3) is 0 Å². The summed E-state index contributed by atoms with van der Waals surface area (Å²) in [6.07, 6.45) is 3.87. The molecule has 0 amide bonds. The van der Waals surface area contributed by atoms with Gasteiger partial charge in [-0.1, -0.05) is 29.8 Å². The molecule has 2 aliphatic heterocycles. The van der Waals surface area contributed by atoms with E-state index in [1.807, 2.05) is 24.3 Å². The summed E-state index contributed by atoms with van der Waals surface area (Å²) in [7, 11) is 0. The highest BCUT2D eigenvalue weighted by Crippen LogP contribution is 2.50. The molecule has 0 spiro atoms. The molecule has 0 aliphatic carbocycles. The van der Waals surface area contributed by atoms with Crippen molar-refractivity contribution >= 4 is 11.6 Å². The predicted molar refractivity (Wildman–Crippen MR) is 69.2 cm³/mol. The van der Waals surface area contributed by atoms with Crippen LogP contribution in [0, 0.1) is 0 Å². The van der Waals surface area contributed by atoms with E-state index >= 15 is 0 Å². The molecule has 2 aliphatic rings. The molecular formula is C14H18ClNO. The molecule has 2 nitrogen and oxygen atoms in total. The van der Waals surface area contributed by atoms with Crippen LogP contribution >= 0.6 is 11.6 Å². The molecule has 1 unspecified atom stereocenters. The lowest BCUT2D eigenvalue weighted by Gasteiger charge is -2.32. The van der Waals surface area contributed by atoms with Crippen LogP contribution in [0.15, 0.2) is 24.3 Å². The summed E-state index contributed by atoms with van der Waals surface area (Å²) in [4.78, 5) is 0. The molecule has 2 N–H and O–H groups in total. The monoisotopic (exact) mass is 251 g/mol. The van der Waals surface area contributed by atoms with Crippen LogP contribution in [0.5, 0.6) is 0 Å². The SMILES string of the molecule is CC12CCC(C(O)c3ccccc3Cl)(CC1)N2. The van der Waals surface area contributed by atoms with Crippen LogP contribution in [0.3, 0.4) is 0 Å². The number of hydrogen-bond acceptors (Lipinski definition) is 2. The Morgan fingerprint density at radius 3 is 2.41 bits per heavy atom. The van der Waals surface area contributed by atoms with E-state index in [1.165, 1.54) is 0 Å². The number of aliphatic hydroxyl groups excluding tert-OH is 1. The molecule has 2 fully saturated rings. The molecule has 0 saturated carbocycles. The molecular weight excluding hydrogens is 234 g/mol. The van der Waals surface area contributed by atoms with Crippen LogP contribution in [0.1, 0.15) is 44.3 Å². The summed E-state index contributed by atoms with van der Waals surface area (Å²) >= 11 is 6.18. The maximum Gasteiger partial charge on any atom is 0.0986 e. The maximum absolute atomic E-state index is 10.6. The van der Waals surface area contributed by atoms with Gasteiger partial charge in [0.05, 0.1) is 6.10 Å². The van der Waals surface area contributed by atoms with Gasteiger partial charge in [0.15, 0.2) is 0 Å². The Bertz CT molecular complexity index is 438. The lowest BCUT2D eigenvalue weighted by Crippen LogP contribution is -2.45. The Balaban J connectivity index is 1.93. The summed E-state index contributed by atoms with van der Waals surface area (Å²) < 4.78 is 0. The van der Waals surface area contributed by atoms with Crippen molar-refractivity contribution in [1.29, 1.82) is 0 Å².